The smallest absolute Gasteiger partial charge is 0.328 e. The van der Waals surface area contributed by atoms with E-state index >= 15 is 0 Å². The normalized spacial score (nSPS) is 20.5. The predicted molar refractivity (Wildman–Crippen MR) is 116 cm³/mol. The van der Waals surface area contributed by atoms with Crippen molar-refractivity contribution in [3.63, 3.8) is 0 Å². The van der Waals surface area contributed by atoms with E-state index in [1.54, 1.807) is 0 Å². The van der Waals surface area contributed by atoms with Gasteiger partial charge in [-0.25, -0.2) is 4.79 Å². The quantitative estimate of drug-likeness (QED) is 0.586. The van der Waals surface area contributed by atoms with Gasteiger partial charge in [0.25, 0.3) is 0 Å². The molecule has 2 aromatic carbocycles. The maximum atomic E-state index is 12.4. The van der Waals surface area contributed by atoms with Crippen molar-refractivity contribution < 1.29 is 19.0 Å². The molecular weight excluding hydrogens is 396 g/mol. The molecule has 0 radical (unpaired) electrons. The number of hydrogen-bond acceptors (Lipinski definition) is 5. The van der Waals surface area contributed by atoms with Crippen molar-refractivity contribution in [3.05, 3.63) is 82.0 Å². The molecule has 0 spiro atoms. The zero-order valence-electron chi connectivity index (χ0n) is 17.8. The molecule has 1 saturated heterocycles. The van der Waals surface area contributed by atoms with Crippen LogP contribution in [0, 0.1) is 13.8 Å². The van der Waals surface area contributed by atoms with E-state index in [0.717, 1.165) is 22.6 Å². The summed E-state index contributed by atoms with van der Waals surface area (Å²) in [4.78, 5) is 26.6. The summed E-state index contributed by atoms with van der Waals surface area (Å²) in [7, 11) is 0. The molecule has 1 aliphatic rings. The van der Waals surface area contributed by atoms with E-state index in [-0.39, 0.29) is 29.9 Å². The monoisotopic (exact) mass is 422 g/mol. The van der Waals surface area contributed by atoms with E-state index in [1.807, 2.05) is 62.4 Å². The molecule has 0 bridgehead atoms. The number of imidazole rings is 1. The number of rotatable bonds is 7. The number of nitrogens with zero attached hydrogens (tertiary/aromatic N) is 1. The van der Waals surface area contributed by atoms with Crippen molar-refractivity contribution in [1.29, 1.82) is 0 Å². The molecule has 7 nitrogen and oxygen atoms in total. The number of hydrogen-bond donors (Lipinski definition) is 1. The van der Waals surface area contributed by atoms with Crippen LogP contribution in [0.2, 0.25) is 0 Å². The minimum atomic E-state index is -0.557. The highest BCUT2D eigenvalue weighted by Crippen LogP contribution is 2.32. The fourth-order valence-electron chi connectivity index (χ4n) is 3.55. The molecule has 0 saturated carbocycles. The van der Waals surface area contributed by atoms with Gasteiger partial charge in [-0.05, 0) is 38.1 Å². The molecular formula is C24H26N2O5. The third-order valence-electron chi connectivity index (χ3n) is 5.36. The number of aryl methyl sites for hydroxylation is 2. The Bertz CT molecular complexity index is 1100. The van der Waals surface area contributed by atoms with Crippen molar-refractivity contribution in [2.24, 2.45) is 0 Å². The van der Waals surface area contributed by atoms with Gasteiger partial charge < -0.3 is 19.2 Å². The summed E-state index contributed by atoms with van der Waals surface area (Å²) >= 11 is 0. The Morgan fingerprint density at radius 1 is 1.06 bits per heavy atom. The fraction of sp³-hybridized carbons (Fsp3) is 0.333. The lowest BCUT2D eigenvalue weighted by molar-refractivity contribution is -0.0365. The predicted octanol–water partition coefficient (Wildman–Crippen LogP) is 3.81. The second kappa shape index (κ2) is 8.81. The lowest BCUT2D eigenvalue weighted by atomic mass is 10.1. The largest absolute Gasteiger partial charge is 0.491 e. The van der Waals surface area contributed by atoms with Crippen LogP contribution in [-0.2, 0) is 4.74 Å². The van der Waals surface area contributed by atoms with Gasteiger partial charge in [0, 0.05) is 19.5 Å². The Labute approximate surface area is 180 Å². The van der Waals surface area contributed by atoms with Gasteiger partial charge in [0.1, 0.15) is 42.2 Å². The zero-order valence-corrected chi connectivity index (χ0v) is 17.8. The first-order chi connectivity index (χ1) is 14.9. The number of aromatic nitrogens is 2. The van der Waals surface area contributed by atoms with Gasteiger partial charge in [0.15, 0.2) is 5.78 Å². The molecule has 0 amide bonds. The van der Waals surface area contributed by atoms with Crippen LogP contribution in [0.4, 0.5) is 0 Å². The van der Waals surface area contributed by atoms with E-state index in [9.17, 15) is 9.59 Å². The molecule has 162 valence electrons. The summed E-state index contributed by atoms with van der Waals surface area (Å²) in [6.07, 6.45) is 0.682. The average molecular weight is 422 g/mol. The summed E-state index contributed by atoms with van der Waals surface area (Å²) in [6.45, 7) is 5.72. The zero-order chi connectivity index (χ0) is 22.0. The van der Waals surface area contributed by atoms with Crippen LogP contribution in [0.5, 0.6) is 11.5 Å². The molecule has 7 heteroatoms. The number of carbonyl (C=O) groups is 1. The highest BCUT2D eigenvalue weighted by Gasteiger charge is 2.39. The minimum absolute atomic E-state index is 0.208. The van der Waals surface area contributed by atoms with Crippen molar-refractivity contribution in [3.8, 4) is 11.5 Å². The van der Waals surface area contributed by atoms with Crippen LogP contribution in [0.15, 0.2) is 59.5 Å². The van der Waals surface area contributed by atoms with Crippen LogP contribution in [0.1, 0.15) is 41.2 Å². The second-order valence-corrected chi connectivity index (χ2v) is 7.89. The molecule has 31 heavy (non-hydrogen) atoms. The van der Waals surface area contributed by atoms with E-state index in [0.29, 0.717) is 6.42 Å². The number of ether oxygens (including phenoxy) is 3. The summed E-state index contributed by atoms with van der Waals surface area (Å²) in [5, 5.41) is 0. The third kappa shape index (κ3) is 4.88. The lowest BCUT2D eigenvalue weighted by Crippen LogP contribution is -2.32. The van der Waals surface area contributed by atoms with Crippen molar-refractivity contribution in [1.82, 2.24) is 9.55 Å². The maximum absolute atomic E-state index is 12.4. The van der Waals surface area contributed by atoms with Gasteiger partial charge in [-0.2, -0.15) is 0 Å². The SMILES string of the molecule is CC(=O)c1cn([C@H]2C[C@H](Oc3ccc(C)cc3)[C@@H](COc3ccc(C)cc3)O2)c(=O)[nH]1. The summed E-state index contributed by atoms with van der Waals surface area (Å²) < 4.78 is 19.7. The number of H-pyrrole nitrogens is 1. The van der Waals surface area contributed by atoms with Crippen molar-refractivity contribution in [2.75, 3.05) is 6.61 Å². The minimum Gasteiger partial charge on any atom is -0.491 e. The second-order valence-electron chi connectivity index (χ2n) is 7.89. The number of Topliss-reactive ketones (excluding diaryl/α,β-unsaturated/α-hetero) is 1. The van der Waals surface area contributed by atoms with Crippen LogP contribution < -0.4 is 15.2 Å². The molecule has 1 fully saturated rings. The highest BCUT2D eigenvalue weighted by molar-refractivity contribution is 5.91. The first kappa shape index (κ1) is 20.9. The number of nitrogens with one attached hydrogen (secondary N) is 1. The van der Waals surface area contributed by atoms with Crippen LogP contribution >= 0.6 is 0 Å². The fourth-order valence-corrected chi connectivity index (χ4v) is 3.55. The maximum Gasteiger partial charge on any atom is 0.328 e. The summed E-state index contributed by atoms with van der Waals surface area (Å²) in [6, 6.07) is 15.6. The van der Waals surface area contributed by atoms with Gasteiger partial charge in [0.05, 0.1) is 0 Å². The van der Waals surface area contributed by atoms with E-state index < -0.39 is 12.3 Å². The van der Waals surface area contributed by atoms with E-state index in [2.05, 4.69) is 4.98 Å². The Kier molecular flexibility index (Phi) is 5.95. The van der Waals surface area contributed by atoms with Crippen LogP contribution in [-0.4, -0.2) is 34.1 Å². The molecule has 3 aromatic rings. The Hall–Kier alpha value is -3.32. The molecule has 1 aliphatic heterocycles. The standard InChI is InChI=1S/C24H26N2O5/c1-15-4-8-18(9-5-15)29-14-22-21(30-19-10-6-16(2)7-11-19)12-23(31-22)26-13-20(17(3)27)25-24(26)28/h4-11,13,21-23H,12,14H2,1-3H3,(H,25,28)/t21-,22+,23+/m0/s1. The number of carbonyl (C=O) groups excluding carboxylic acids is 1. The van der Waals surface area contributed by atoms with Gasteiger partial charge in [-0.15, -0.1) is 0 Å². The molecule has 0 aliphatic carbocycles. The molecule has 1 aromatic heterocycles. The van der Waals surface area contributed by atoms with Crippen molar-refractivity contribution >= 4 is 5.78 Å². The highest BCUT2D eigenvalue weighted by atomic mass is 16.6. The van der Waals surface area contributed by atoms with Crippen LogP contribution in [0.3, 0.4) is 0 Å². The first-order valence-corrected chi connectivity index (χ1v) is 10.3. The molecule has 2 heterocycles. The Balaban J connectivity index is 1.53. The van der Waals surface area contributed by atoms with Crippen LogP contribution in [0.25, 0.3) is 0 Å². The first-order valence-electron chi connectivity index (χ1n) is 10.3. The summed E-state index contributed by atoms with van der Waals surface area (Å²) in [5.74, 6) is 1.26. The van der Waals surface area contributed by atoms with Gasteiger partial charge in [0.2, 0.25) is 0 Å². The molecule has 3 atom stereocenters. The third-order valence-corrected chi connectivity index (χ3v) is 5.36. The molecule has 1 N–H and O–H groups in total. The van der Waals surface area contributed by atoms with Crippen molar-refractivity contribution in [2.45, 2.75) is 45.6 Å². The Morgan fingerprint density at radius 3 is 2.26 bits per heavy atom. The van der Waals surface area contributed by atoms with E-state index in [1.165, 1.54) is 17.7 Å². The van der Waals surface area contributed by atoms with E-state index in [4.69, 9.17) is 14.2 Å². The topological polar surface area (TPSA) is 82.5 Å². The Morgan fingerprint density at radius 2 is 1.68 bits per heavy atom. The van der Waals surface area contributed by atoms with Gasteiger partial charge in [-0.1, -0.05) is 35.4 Å². The van der Waals surface area contributed by atoms with Gasteiger partial charge >= 0.3 is 5.69 Å². The number of aromatic amines is 1. The molecule has 0 unspecified atom stereocenters. The number of benzene rings is 2. The lowest BCUT2D eigenvalue weighted by Gasteiger charge is -2.20. The number of ketones is 1. The molecule has 4 rings (SSSR count). The average Bonchev–Trinajstić information content (AvgIpc) is 3.32. The van der Waals surface area contributed by atoms with Gasteiger partial charge in [-0.3, -0.25) is 9.36 Å². The summed E-state index contributed by atoms with van der Waals surface area (Å²) in [5.41, 5.74) is 2.16.